The summed E-state index contributed by atoms with van der Waals surface area (Å²) < 4.78 is -6.00. The number of hydrogen-bond donors (Lipinski definition) is 0. The molecule has 76 valence electrons. The number of rotatable bonds is 0. The van der Waals surface area contributed by atoms with Crippen LogP contribution in [-0.4, -0.2) is 24.2 Å². The largest absolute Gasteiger partial charge is 0.293 e. The average molecular weight is 325 g/mol. The molecule has 1 unspecified atom stereocenters. The van der Waals surface area contributed by atoms with E-state index in [-0.39, 0.29) is 0 Å². The standard InChI is InChI=1S/C5HCl7O/c6-1-3(7,8)2(13)5(11,12)4(1,9)10/h1H. The van der Waals surface area contributed by atoms with E-state index in [0.717, 1.165) is 0 Å². The van der Waals surface area contributed by atoms with Crippen LogP contribution in [-0.2, 0) is 4.79 Å². The van der Waals surface area contributed by atoms with Crippen molar-refractivity contribution in [3.63, 3.8) is 0 Å². The molecule has 0 heterocycles. The zero-order valence-electron chi connectivity index (χ0n) is 5.63. The van der Waals surface area contributed by atoms with E-state index in [0.29, 0.717) is 0 Å². The number of ketones is 1. The summed E-state index contributed by atoms with van der Waals surface area (Å²) >= 11 is 39.3. The summed E-state index contributed by atoms with van der Waals surface area (Å²) in [7, 11) is 0. The van der Waals surface area contributed by atoms with Crippen LogP contribution in [0.5, 0.6) is 0 Å². The molecule has 0 amide bonds. The van der Waals surface area contributed by atoms with Crippen molar-refractivity contribution in [2.45, 2.75) is 18.4 Å². The van der Waals surface area contributed by atoms with Crippen LogP contribution < -0.4 is 0 Å². The molecule has 0 aromatic heterocycles. The van der Waals surface area contributed by atoms with Gasteiger partial charge in [0.15, 0.2) is 8.67 Å². The molecule has 13 heavy (non-hydrogen) atoms. The SMILES string of the molecule is O=C1C(Cl)(Cl)C(Cl)C(Cl)(Cl)C1(Cl)Cl. The van der Waals surface area contributed by atoms with Crippen molar-refractivity contribution in [3.05, 3.63) is 0 Å². The van der Waals surface area contributed by atoms with Gasteiger partial charge < -0.3 is 0 Å². The topological polar surface area (TPSA) is 17.1 Å². The molecular weight excluding hydrogens is 324 g/mol. The monoisotopic (exact) mass is 322 g/mol. The fourth-order valence-electron chi connectivity index (χ4n) is 0.863. The molecule has 0 N–H and O–H groups in total. The molecule has 0 saturated heterocycles. The van der Waals surface area contributed by atoms with Crippen molar-refractivity contribution in [3.8, 4) is 0 Å². The fraction of sp³-hybridized carbons (Fsp3) is 0.800. The van der Waals surface area contributed by atoms with Crippen LogP contribution in [0, 0.1) is 0 Å². The minimum Gasteiger partial charge on any atom is -0.293 e. The van der Waals surface area contributed by atoms with Crippen LogP contribution in [0.3, 0.4) is 0 Å². The maximum Gasteiger partial charge on any atom is 0.213 e. The van der Waals surface area contributed by atoms with E-state index in [1.54, 1.807) is 0 Å². The molecular formula is C5HCl7O. The first-order valence-corrected chi connectivity index (χ1v) is 5.59. The Morgan fingerprint density at radius 2 is 1.38 bits per heavy atom. The third kappa shape index (κ3) is 1.56. The molecule has 8 heteroatoms. The van der Waals surface area contributed by atoms with Crippen LogP contribution in [0.2, 0.25) is 0 Å². The lowest BCUT2D eigenvalue weighted by atomic mass is 10.3. The van der Waals surface area contributed by atoms with Gasteiger partial charge in [0.25, 0.3) is 0 Å². The Bertz CT molecular complexity index is 258. The van der Waals surface area contributed by atoms with Gasteiger partial charge in [-0.05, 0) is 0 Å². The summed E-state index contributed by atoms with van der Waals surface area (Å²) in [6.45, 7) is 0. The van der Waals surface area contributed by atoms with Crippen LogP contribution in [0.4, 0.5) is 0 Å². The summed E-state index contributed by atoms with van der Waals surface area (Å²) in [4.78, 5) is 11.4. The number of carbonyl (C=O) groups is 1. The lowest BCUT2D eigenvalue weighted by Gasteiger charge is -2.24. The van der Waals surface area contributed by atoms with E-state index in [1.165, 1.54) is 0 Å². The maximum absolute atomic E-state index is 11.4. The van der Waals surface area contributed by atoms with Gasteiger partial charge in [-0.2, -0.15) is 0 Å². The van der Waals surface area contributed by atoms with Gasteiger partial charge in [-0.25, -0.2) is 0 Å². The lowest BCUT2D eigenvalue weighted by Crippen LogP contribution is -2.39. The minimum atomic E-state index is -2.11. The highest BCUT2D eigenvalue weighted by Gasteiger charge is 2.74. The zero-order chi connectivity index (χ0) is 10.7. The molecule has 0 spiro atoms. The number of alkyl halides is 7. The van der Waals surface area contributed by atoms with Crippen molar-refractivity contribution >= 4 is 87.0 Å². The van der Waals surface area contributed by atoms with Crippen LogP contribution >= 0.6 is 81.2 Å². The molecule has 1 aliphatic rings. The van der Waals surface area contributed by atoms with Crippen molar-refractivity contribution in [2.75, 3.05) is 0 Å². The van der Waals surface area contributed by atoms with Crippen molar-refractivity contribution in [2.24, 2.45) is 0 Å². The highest BCUT2D eigenvalue weighted by molar-refractivity contribution is 6.80. The molecule has 1 saturated carbocycles. The van der Waals surface area contributed by atoms with Crippen LogP contribution in [0.15, 0.2) is 0 Å². The third-order valence-corrected chi connectivity index (χ3v) is 5.85. The molecule has 0 aromatic carbocycles. The quantitative estimate of drug-likeness (QED) is 0.621. The normalized spacial score (nSPS) is 35.0. The summed E-state index contributed by atoms with van der Waals surface area (Å²) in [5, 5.41) is -1.28. The Morgan fingerprint density at radius 3 is 1.46 bits per heavy atom. The number of Topliss-reactive ketones (excluding diaryl/α,β-unsaturated/α-hetero) is 1. The van der Waals surface area contributed by atoms with Gasteiger partial charge in [0, 0.05) is 0 Å². The van der Waals surface area contributed by atoms with Gasteiger partial charge >= 0.3 is 0 Å². The molecule has 1 nitrogen and oxygen atoms in total. The van der Waals surface area contributed by atoms with Crippen molar-refractivity contribution in [1.82, 2.24) is 0 Å². The molecule has 0 aliphatic heterocycles. The summed E-state index contributed by atoms with van der Waals surface area (Å²) in [5.41, 5.74) is 0. The van der Waals surface area contributed by atoms with Crippen molar-refractivity contribution in [1.29, 1.82) is 0 Å². The first-order chi connectivity index (χ1) is 5.56. The number of hydrogen-bond acceptors (Lipinski definition) is 1. The Morgan fingerprint density at radius 1 is 1.00 bits per heavy atom. The maximum atomic E-state index is 11.4. The van der Waals surface area contributed by atoms with E-state index < -0.39 is 24.2 Å². The van der Waals surface area contributed by atoms with Gasteiger partial charge in [-0.15, -0.1) is 11.6 Å². The minimum absolute atomic E-state index is 0.920. The smallest absolute Gasteiger partial charge is 0.213 e. The predicted molar refractivity (Wildman–Crippen MR) is 58.0 cm³/mol. The first-order valence-electron chi connectivity index (χ1n) is 2.88. The Labute approximate surface area is 109 Å². The second-order valence-electron chi connectivity index (χ2n) is 2.51. The van der Waals surface area contributed by atoms with Gasteiger partial charge in [0.05, 0.1) is 0 Å². The fourth-order valence-corrected chi connectivity index (χ4v) is 3.28. The summed E-state index contributed by atoms with van der Waals surface area (Å²) in [6, 6.07) is 0. The highest BCUT2D eigenvalue weighted by atomic mass is 35.5. The van der Waals surface area contributed by atoms with E-state index in [9.17, 15) is 4.79 Å². The third-order valence-electron chi connectivity index (χ3n) is 1.64. The second-order valence-corrected chi connectivity index (χ2v) is 7.05. The Hall–Kier alpha value is 1.70. The molecule has 1 rings (SSSR count). The highest BCUT2D eigenvalue weighted by Crippen LogP contribution is 2.61. The number of carbonyl (C=O) groups excluding carboxylic acids is 1. The molecule has 1 atom stereocenters. The summed E-state index contributed by atoms with van der Waals surface area (Å²) in [6.07, 6.45) is 0. The molecule has 0 bridgehead atoms. The van der Waals surface area contributed by atoms with Gasteiger partial charge in [0.1, 0.15) is 5.38 Å². The predicted octanol–water partition coefficient (Wildman–Crippen LogP) is 3.70. The Kier molecular flexibility index (Phi) is 3.29. The van der Waals surface area contributed by atoms with E-state index in [1.807, 2.05) is 0 Å². The van der Waals surface area contributed by atoms with E-state index >= 15 is 0 Å². The molecule has 1 aliphatic carbocycles. The molecule has 0 aromatic rings. The summed E-state index contributed by atoms with van der Waals surface area (Å²) in [5.74, 6) is -0.920. The van der Waals surface area contributed by atoms with Gasteiger partial charge in [0.2, 0.25) is 10.1 Å². The second kappa shape index (κ2) is 3.35. The first kappa shape index (κ1) is 12.8. The van der Waals surface area contributed by atoms with E-state index in [4.69, 9.17) is 81.2 Å². The average Bonchev–Trinajstić information content (AvgIpc) is 2.05. The Balaban J connectivity index is 3.29. The van der Waals surface area contributed by atoms with Gasteiger partial charge in [-0.3, -0.25) is 4.79 Å². The van der Waals surface area contributed by atoms with E-state index in [2.05, 4.69) is 0 Å². The lowest BCUT2D eigenvalue weighted by molar-refractivity contribution is -0.118. The molecule has 1 fully saturated rings. The van der Waals surface area contributed by atoms with Crippen LogP contribution in [0.25, 0.3) is 0 Å². The number of halogens is 7. The van der Waals surface area contributed by atoms with Crippen LogP contribution in [0.1, 0.15) is 0 Å². The van der Waals surface area contributed by atoms with Crippen molar-refractivity contribution < 1.29 is 4.79 Å². The van der Waals surface area contributed by atoms with Gasteiger partial charge in [-0.1, -0.05) is 69.6 Å². The zero-order valence-corrected chi connectivity index (χ0v) is 10.9. The molecule has 0 radical (unpaired) electrons.